The Balaban J connectivity index is 2.09. The third-order valence-electron chi connectivity index (χ3n) is 3.81. The minimum atomic E-state index is -0.212. The lowest BCUT2D eigenvalue weighted by molar-refractivity contribution is -0.118. The summed E-state index contributed by atoms with van der Waals surface area (Å²) in [5.41, 5.74) is 3.68. The van der Waals surface area contributed by atoms with Crippen molar-refractivity contribution in [2.24, 2.45) is 0 Å². The quantitative estimate of drug-likeness (QED) is 0.670. The zero-order valence-electron chi connectivity index (χ0n) is 14.2. The zero-order valence-corrected chi connectivity index (χ0v) is 16.6. The number of halogens is 2. The highest BCUT2D eigenvalue weighted by Gasteiger charge is 2.13. The van der Waals surface area contributed by atoms with Crippen molar-refractivity contribution in [3.63, 3.8) is 0 Å². The maximum atomic E-state index is 12.2. The number of anilines is 1. The van der Waals surface area contributed by atoms with Gasteiger partial charge in [-0.15, -0.1) is 0 Å². The van der Waals surface area contributed by atoms with Gasteiger partial charge in [-0.1, -0.05) is 47.4 Å². The summed E-state index contributed by atoms with van der Waals surface area (Å²) in [6.45, 7) is 8.01. The molecular weight excluding hydrogens is 390 g/mol. The number of carbonyl (C=O) groups is 1. The van der Waals surface area contributed by atoms with Crippen LogP contribution in [0.1, 0.15) is 36.5 Å². The monoisotopic (exact) mass is 409 g/mol. The molecule has 128 valence electrons. The van der Waals surface area contributed by atoms with Crippen LogP contribution >= 0.6 is 27.5 Å². The molecule has 5 heteroatoms. The number of amides is 1. The van der Waals surface area contributed by atoms with Gasteiger partial charge in [-0.3, -0.25) is 4.79 Å². The van der Waals surface area contributed by atoms with Gasteiger partial charge in [0.25, 0.3) is 5.91 Å². The van der Waals surface area contributed by atoms with E-state index in [0.717, 1.165) is 26.9 Å². The Labute approximate surface area is 156 Å². The number of hydrogen-bond acceptors (Lipinski definition) is 2. The molecule has 2 aromatic carbocycles. The molecule has 0 fully saturated rings. The standard InChI is InChI=1S/C19H21BrClNO2/c1-11(2)14-9-15(20)12(3)8-18(14)24-10-19(23)22-17-7-5-6-16(21)13(17)4/h5-9,11H,10H2,1-4H3,(H,22,23). The summed E-state index contributed by atoms with van der Waals surface area (Å²) in [6.07, 6.45) is 0. The molecule has 0 spiro atoms. The molecule has 0 bridgehead atoms. The van der Waals surface area contributed by atoms with Gasteiger partial charge in [0.1, 0.15) is 5.75 Å². The summed E-state index contributed by atoms with van der Waals surface area (Å²) < 4.78 is 6.81. The summed E-state index contributed by atoms with van der Waals surface area (Å²) in [7, 11) is 0. The van der Waals surface area contributed by atoms with Crippen LogP contribution in [0.3, 0.4) is 0 Å². The van der Waals surface area contributed by atoms with Crippen molar-refractivity contribution in [3.05, 3.63) is 56.5 Å². The molecule has 0 radical (unpaired) electrons. The Morgan fingerprint density at radius 2 is 2.00 bits per heavy atom. The molecule has 1 N–H and O–H groups in total. The lowest BCUT2D eigenvalue weighted by atomic mass is 10.0. The Morgan fingerprint density at radius 3 is 2.67 bits per heavy atom. The van der Waals surface area contributed by atoms with E-state index < -0.39 is 0 Å². The SMILES string of the molecule is Cc1cc(OCC(=O)Nc2cccc(Cl)c2C)c(C(C)C)cc1Br. The van der Waals surface area contributed by atoms with E-state index in [1.54, 1.807) is 12.1 Å². The van der Waals surface area contributed by atoms with Crippen molar-refractivity contribution in [2.45, 2.75) is 33.6 Å². The molecule has 3 nitrogen and oxygen atoms in total. The first-order valence-electron chi connectivity index (χ1n) is 7.77. The molecule has 0 heterocycles. The highest BCUT2D eigenvalue weighted by atomic mass is 79.9. The van der Waals surface area contributed by atoms with Crippen molar-refractivity contribution >= 4 is 39.1 Å². The van der Waals surface area contributed by atoms with Crippen molar-refractivity contribution in [1.29, 1.82) is 0 Å². The number of carbonyl (C=O) groups excluding carboxylic acids is 1. The van der Waals surface area contributed by atoms with E-state index in [2.05, 4.69) is 35.1 Å². The second kappa shape index (κ2) is 8.04. The molecule has 24 heavy (non-hydrogen) atoms. The first-order valence-corrected chi connectivity index (χ1v) is 8.94. The van der Waals surface area contributed by atoms with Crippen LogP contribution in [-0.4, -0.2) is 12.5 Å². The summed E-state index contributed by atoms with van der Waals surface area (Å²) in [6, 6.07) is 9.43. The van der Waals surface area contributed by atoms with Crippen LogP contribution in [0.4, 0.5) is 5.69 Å². The van der Waals surface area contributed by atoms with Gasteiger partial charge in [0.2, 0.25) is 0 Å². The Morgan fingerprint density at radius 1 is 1.29 bits per heavy atom. The van der Waals surface area contributed by atoms with Crippen LogP contribution in [0.25, 0.3) is 0 Å². The minimum absolute atomic E-state index is 0.0489. The molecule has 0 atom stereocenters. The van der Waals surface area contributed by atoms with Gasteiger partial charge < -0.3 is 10.1 Å². The molecule has 0 saturated carbocycles. The molecule has 2 aromatic rings. The fraction of sp³-hybridized carbons (Fsp3) is 0.316. The average Bonchev–Trinajstić information content (AvgIpc) is 2.52. The predicted molar refractivity (Wildman–Crippen MR) is 103 cm³/mol. The van der Waals surface area contributed by atoms with Crippen molar-refractivity contribution in [3.8, 4) is 5.75 Å². The summed E-state index contributed by atoms with van der Waals surface area (Å²) >= 11 is 9.61. The highest BCUT2D eigenvalue weighted by Crippen LogP contribution is 2.32. The van der Waals surface area contributed by atoms with E-state index in [9.17, 15) is 4.79 Å². The lowest BCUT2D eigenvalue weighted by Gasteiger charge is -2.16. The van der Waals surface area contributed by atoms with Gasteiger partial charge in [-0.05, 0) is 60.7 Å². The molecule has 0 aromatic heterocycles. The smallest absolute Gasteiger partial charge is 0.262 e. The highest BCUT2D eigenvalue weighted by molar-refractivity contribution is 9.10. The van der Waals surface area contributed by atoms with E-state index in [-0.39, 0.29) is 12.5 Å². The molecule has 2 rings (SSSR count). The van der Waals surface area contributed by atoms with Crippen LogP contribution in [0.15, 0.2) is 34.8 Å². The van der Waals surface area contributed by atoms with Crippen molar-refractivity contribution in [2.75, 3.05) is 11.9 Å². The third kappa shape index (κ3) is 4.52. The maximum Gasteiger partial charge on any atom is 0.262 e. The van der Waals surface area contributed by atoms with E-state index in [4.69, 9.17) is 16.3 Å². The normalized spacial score (nSPS) is 10.8. The molecule has 0 unspecified atom stereocenters. The van der Waals surface area contributed by atoms with Gasteiger partial charge >= 0.3 is 0 Å². The van der Waals surface area contributed by atoms with Gasteiger partial charge in [-0.25, -0.2) is 0 Å². The van der Waals surface area contributed by atoms with E-state index in [1.807, 2.05) is 32.0 Å². The Hall–Kier alpha value is -1.52. The Bertz CT molecular complexity index is 759. The number of ether oxygens (including phenoxy) is 1. The van der Waals surface area contributed by atoms with Crippen molar-refractivity contribution < 1.29 is 9.53 Å². The first kappa shape index (κ1) is 18.8. The number of hydrogen-bond donors (Lipinski definition) is 1. The number of aryl methyl sites for hydroxylation is 1. The fourth-order valence-corrected chi connectivity index (χ4v) is 2.85. The second-order valence-corrected chi connectivity index (χ2v) is 7.30. The lowest BCUT2D eigenvalue weighted by Crippen LogP contribution is -2.21. The van der Waals surface area contributed by atoms with Crippen LogP contribution in [0, 0.1) is 13.8 Å². The van der Waals surface area contributed by atoms with Crippen LogP contribution in [-0.2, 0) is 4.79 Å². The number of nitrogens with one attached hydrogen (secondary N) is 1. The van der Waals surface area contributed by atoms with Gasteiger partial charge in [0.15, 0.2) is 6.61 Å². The van der Waals surface area contributed by atoms with E-state index >= 15 is 0 Å². The van der Waals surface area contributed by atoms with Crippen LogP contribution in [0.5, 0.6) is 5.75 Å². The van der Waals surface area contributed by atoms with Crippen LogP contribution < -0.4 is 10.1 Å². The zero-order chi connectivity index (χ0) is 17.9. The van der Waals surface area contributed by atoms with E-state index in [1.165, 1.54) is 0 Å². The summed E-state index contributed by atoms with van der Waals surface area (Å²) in [4.78, 5) is 12.2. The van der Waals surface area contributed by atoms with Gasteiger partial charge in [0.05, 0.1) is 0 Å². The number of benzene rings is 2. The first-order chi connectivity index (χ1) is 11.3. The molecule has 0 saturated heterocycles. The topological polar surface area (TPSA) is 38.3 Å². The molecular formula is C19H21BrClNO2. The van der Waals surface area contributed by atoms with Crippen LogP contribution in [0.2, 0.25) is 5.02 Å². The Kier molecular flexibility index (Phi) is 6.30. The third-order valence-corrected chi connectivity index (χ3v) is 5.08. The van der Waals surface area contributed by atoms with Gasteiger partial charge in [0, 0.05) is 15.2 Å². The molecule has 0 aliphatic carbocycles. The average molecular weight is 411 g/mol. The molecule has 0 aliphatic heterocycles. The summed E-state index contributed by atoms with van der Waals surface area (Å²) in [5, 5.41) is 3.46. The predicted octanol–water partition coefficient (Wildman–Crippen LogP) is 5.86. The fourth-order valence-electron chi connectivity index (χ4n) is 2.32. The summed E-state index contributed by atoms with van der Waals surface area (Å²) in [5.74, 6) is 0.828. The largest absolute Gasteiger partial charge is 0.483 e. The minimum Gasteiger partial charge on any atom is -0.483 e. The van der Waals surface area contributed by atoms with Gasteiger partial charge in [-0.2, -0.15) is 0 Å². The number of rotatable bonds is 5. The molecule has 0 aliphatic rings. The second-order valence-electron chi connectivity index (χ2n) is 6.04. The molecule has 1 amide bonds. The van der Waals surface area contributed by atoms with Crippen molar-refractivity contribution in [1.82, 2.24) is 0 Å². The maximum absolute atomic E-state index is 12.2. The van der Waals surface area contributed by atoms with E-state index in [0.29, 0.717) is 16.6 Å².